The van der Waals surface area contributed by atoms with Crippen molar-refractivity contribution in [1.29, 1.82) is 0 Å². The number of furan rings is 1. The lowest BCUT2D eigenvalue weighted by Gasteiger charge is -2.10. The van der Waals surface area contributed by atoms with E-state index in [9.17, 15) is 9.18 Å². The first-order valence-corrected chi connectivity index (χ1v) is 7.36. The highest BCUT2D eigenvalue weighted by Crippen LogP contribution is 2.30. The molecule has 2 heterocycles. The van der Waals surface area contributed by atoms with Crippen LogP contribution in [0.5, 0.6) is 0 Å². The van der Waals surface area contributed by atoms with Crippen molar-refractivity contribution in [3.8, 4) is 5.69 Å². The Bertz CT molecular complexity index is 1120. The number of halogens is 1. The lowest BCUT2D eigenvalue weighted by Crippen LogP contribution is -2.19. The molecule has 0 amide bonds. The number of fused-ring (bicyclic) bond motifs is 3. The first-order chi connectivity index (χ1) is 11.0. The molecule has 4 rings (SSSR count). The molecule has 23 heavy (non-hydrogen) atoms. The average molecular weight is 307 g/mol. The summed E-state index contributed by atoms with van der Waals surface area (Å²) in [5.41, 5.74) is 3.44. The quantitative estimate of drug-likeness (QED) is 0.519. The maximum Gasteiger partial charge on any atom is 0.256 e. The normalized spacial score (nSPS) is 11.4. The first-order valence-electron chi connectivity index (χ1n) is 7.36. The molecule has 0 N–H and O–H groups in total. The minimum absolute atomic E-state index is 0.205. The smallest absolute Gasteiger partial charge is 0.256 e. The summed E-state index contributed by atoms with van der Waals surface area (Å²) in [6, 6.07) is 13.4. The molecule has 0 bridgehead atoms. The van der Waals surface area contributed by atoms with E-state index in [1.807, 2.05) is 32.0 Å². The summed E-state index contributed by atoms with van der Waals surface area (Å²) in [5.74, 6) is -0.380. The number of aromatic nitrogens is 1. The Labute approximate surface area is 131 Å². The summed E-state index contributed by atoms with van der Waals surface area (Å²) in [6.07, 6.45) is 0. The number of benzene rings is 2. The lowest BCUT2D eigenvalue weighted by molar-refractivity contribution is 0.625. The fraction of sp³-hybridized carbons (Fsp3) is 0.105. The molecule has 114 valence electrons. The van der Waals surface area contributed by atoms with Gasteiger partial charge in [0.05, 0.1) is 11.4 Å². The average Bonchev–Trinajstić information content (AvgIpc) is 2.85. The largest absolute Gasteiger partial charge is 0.454 e. The third kappa shape index (κ3) is 2.06. The molecule has 0 saturated carbocycles. The van der Waals surface area contributed by atoms with Crippen LogP contribution in [0.1, 0.15) is 11.3 Å². The Hall–Kier alpha value is -2.88. The van der Waals surface area contributed by atoms with E-state index in [4.69, 9.17) is 4.42 Å². The van der Waals surface area contributed by atoms with Crippen LogP contribution < -0.4 is 5.56 Å². The van der Waals surface area contributed by atoms with Gasteiger partial charge in [0.2, 0.25) is 0 Å². The SMILES string of the molecule is Cc1ccc2c(c1)oc1c(C)n(-c3cccc(F)c3)c(=O)cc12. The zero-order valence-electron chi connectivity index (χ0n) is 12.8. The Morgan fingerprint density at radius 1 is 1.00 bits per heavy atom. The summed E-state index contributed by atoms with van der Waals surface area (Å²) in [6.45, 7) is 3.80. The summed E-state index contributed by atoms with van der Waals surface area (Å²) >= 11 is 0. The third-order valence-corrected chi connectivity index (χ3v) is 4.10. The van der Waals surface area contributed by atoms with Crippen LogP contribution in [0.4, 0.5) is 4.39 Å². The van der Waals surface area contributed by atoms with Crippen molar-refractivity contribution in [1.82, 2.24) is 4.57 Å². The number of aryl methyl sites for hydroxylation is 2. The van der Waals surface area contributed by atoms with Crippen LogP contribution in [0.2, 0.25) is 0 Å². The molecule has 0 unspecified atom stereocenters. The Kier molecular flexibility index (Phi) is 2.88. The van der Waals surface area contributed by atoms with E-state index >= 15 is 0 Å². The molecule has 3 nitrogen and oxygen atoms in total. The van der Waals surface area contributed by atoms with Crippen LogP contribution in [0.3, 0.4) is 0 Å². The number of nitrogens with zero attached hydrogens (tertiary/aromatic N) is 1. The standard InChI is InChI=1S/C19H14FNO2/c1-11-6-7-15-16-10-18(22)21(14-5-3-4-13(20)9-14)12(2)19(16)23-17(15)8-11/h3-10H,1-2H3. The highest BCUT2D eigenvalue weighted by Gasteiger charge is 2.15. The molecule has 2 aromatic heterocycles. The highest BCUT2D eigenvalue weighted by molar-refractivity contribution is 6.05. The van der Waals surface area contributed by atoms with Gasteiger partial charge in [0.1, 0.15) is 11.4 Å². The molecular formula is C19H14FNO2. The van der Waals surface area contributed by atoms with E-state index in [1.165, 1.54) is 16.7 Å². The topological polar surface area (TPSA) is 35.1 Å². The molecule has 0 radical (unpaired) electrons. The lowest BCUT2D eigenvalue weighted by atomic mass is 10.1. The van der Waals surface area contributed by atoms with Crippen LogP contribution in [-0.2, 0) is 0 Å². The van der Waals surface area contributed by atoms with Crippen LogP contribution >= 0.6 is 0 Å². The molecule has 2 aromatic carbocycles. The van der Waals surface area contributed by atoms with E-state index in [1.54, 1.807) is 18.2 Å². The molecule has 4 aromatic rings. The molecule has 0 aliphatic heterocycles. The maximum absolute atomic E-state index is 13.5. The minimum Gasteiger partial charge on any atom is -0.454 e. The van der Waals surface area contributed by atoms with Crippen LogP contribution in [0.25, 0.3) is 27.6 Å². The van der Waals surface area contributed by atoms with Crippen molar-refractivity contribution in [2.45, 2.75) is 13.8 Å². The van der Waals surface area contributed by atoms with Crippen molar-refractivity contribution in [3.63, 3.8) is 0 Å². The van der Waals surface area contributed by atoms with Crippen LogP contribution in [0.15, 0.2) is 57.7 Å². The molecule has 0 atom stereocenters. The van der Waals surface area contributed by atoms with Gasteiger partial charge in [-0.25, -0.2) is 4.39 Å². The fourth-order valence-corrected chi connectivity index (χ4v) is 3.03. The van der Waals surface area contributed by atoms with E-state index in [0.717, 1.165) is 21.9 Å². The predicted molar refractivity (Wildman–Crippen MR) is 88.7 cm³/mol. The number of rotatable bonds is 1. The monoisotopic (exact) mass is 307 g/mol. The van der Waals surface area contributed by atoms with E-state index in [0.29, 0.717) is 17.0 Å². The van der Waals surface area contributed by atoms with Gasteiger partial charge in [-0.3, -0.25) is 9.36 Å². The van der Waals surface area contributed by atoms with E-state index in [2.05, 4.69) is 0 Å². The summed E-state index contributed by atoms with van der Waals surface area (Å²) in [5, 5.41) is 1.70. The van der Waals surface area contributed by atoms with Gasteiger partial charge in [-0.1, -0.05) is 18.2 Å². The fourth-order valence-electron chi connectivity index (χ4n) is 3.03. The van der Waals surface area contributed by atoms with Crippen molar-refractivity contribution in [2.24, 2.45) is 0 Å². The molecule has 0 saturated heterocycles. The summed E-state index contributed by atoms with van der Waals surface area (Å²) in [7, 11) is 0. The summed E-state index contributed by atoms with van der Waals surface area (Å²) < 4.78 is 20.9. The third-order valence-electron chi connectivity index (χ3n) is 4.10. The van der Waals surface area contributed by atoms with Crippen LogP contribution in [-0.4, -0.2) is 4.57 Å². The predicted octanol–water partition coefficient (Wildman–Crippen LogP) is 4.49. The van der Waals surface area contributed by atoms with E-state index < -0.39 is 0 Å². The number of pyridine rings is 1. The highest BCUT2D eigenvalue weighted by atomic mass is 19.1. The van der Waals surface area contributed by atoms with Crippen LogP contribution in [0, 0.1) is 19.7 Å². The Balaban J connectivity index is 2.11. The van der Waals surface area contributed by atoms with Gasteiger partial charge in [0, 0.05) is 16.8 Å². The van der Waals surface area contributed by atoms with Crippen molar-refractivity contribution in [3.05, 3.63) is 76.0 Å². The molecule has 0 aliphatic rings. The zero-order valence-corrected chi connectivity index (χ0v) is 12.8. The van der Waals surface area contributed by atoms with Crippen molar-refractivity contribution >= 4 is 21.9 Å². The minimum atomic E-state index is -0.380. The van der Waals surface area contributed by atoms with Gasteiger partial charge < -0.3 is 4.42 Å². The van der Waals surface area contributed by atoms with Gasteiger partial charge in [-0.05, 0) is 43.7 Å². The first kappa shape index (κ1) is 13.8. The van der Waals surface area contributed by atoms with Crippen molar-refractivity contribution in [2.75, 3.05) is 0 Å². The van der Waals surface area contributed by atoms with Gasteiger partial charge in [-0.15, -0.1) is 0 Å². The van der Waals surface area contributed by atoms with Gasteiger partial charge >= 0.3 is 0 Å². The van der Waals surface area contributed by atoms with Gasteiger partial charge in [0.15, 0.2) is 5.58 Å². The Morgan fingerprint density at radius 2 is 1.83 bits per heavy atom. The Morgan fingerprint density at radius 3 is 2.61 bits per heavy atom. The second kappa shape index (κ2) is 4.81. The molecule has 0 spiro atoms. The van der Waals surface area contributed by atoms with E-state index in [-0.39, 0.29) is 11.4 Å². The molecule has 0 aliphatic carbocycles. The summed E-state index contributed by atoms with van der Waals surface area (Å²) in [4.78, 5) is 12.6. The molecular weight excluding hydrogens is 293 g/mol. The zero-order chi connectivity index (χ0) is 16.1. The number of hydrogen-bond acceptors (Lipinski definition) is 2. The van der Waals surface area contributed by atoms with Gasteiger partial charge in [-0.2, -0.15) is 0 Å². The second-order valence-electron chi connectivity index (χ2n) is 5.73. The van der Waals surface area contributed by atoms with Gasteiger partial charge in [0.25, 0.3) is 5.56 Å². The maximum atomic E-state index is 13.5. The number of hydrogen-bond donors (Lipinski definition) is 0. The second-order valence-corrected chi connectivity index (χ2v) is 5.73. The molecule has 4 heteroatoms. The molecule has 0 fully saturated rings. The van der Waals surface area contributed by atoms with Crippen molar-refractivity contribution < 1.29 is 8.81 Å².